The predicted octanol–water partition coefficient (Wildman–Crippen LogP) is 3.95. The summed E-state index contributed by atoms with van der Waals surface area (Å²) < 4.78 is 27.3. The summed E-state index contributed by atoms with van der Waals surface area (Å²) >= 11 is 23.3. The third kappa shape index (κ3) is 7.53. The molecule has 2 aromatic carbocycles. The second-order valence-electron chi connectivity index (χ2n) is 6.38. The lowest BCUT2D eigenvalue weighted by molar-refractivity contribution is -0.121. The minimum Gasteiger partial charge on any atom is -0.495 e. The maximum atomic E-state index is 12.4. The first kappa shape index (κ1) is 26.2. The average molecular weight is 537 g/mol. The van der Waals surface area contributed by atoms with Crippen LogP contribution >= 0.6 is 47.0 Å². The third-order valence-electron chi connectivity index (χ3n) is 4.08. The van der Waals surface area contributed by atoms with Crippen molar-refractivity contribution in [3.63, 3.8) is 0 Å². The molecule has 172 valence electrons. The smallest absolute Gasteiger partial charge is 0.228 e. The van der Waals surface area contributed by atoms with Gasteiger partial charge in [0.15, 0.2) is 14.9 Å². The van der Waals surface area contributed by atoms with Gasteiger partial charge in [0.05, 0.1) is 24.1 Å². The van der Waals surface area contributed by atoms with Gasteiger partial charge in [0, 0.05) is 11.5 Å². The molecule has 0 aliphatic rings. The Kier molecular flexibility index (Phi) is 9.18. The number of hydrogen-bond donors (Lipinski definition) is 3. The van der Waals surface area contributed by atoms with Crippen molar-refractivity contribution in [3.05, 3.63) is 66.1 Å². The summed E-state index contributed by atoms with van der Waals surface area (Å²) in [5.74, 6) is -0.185. The number of methoxy groups -OCH3 is 1. The molecule has 2 aromatic rings. The second kappa shape index (κ2) is 11.2. The number of hydrogen-bond acceptors (Lipinski definition) is 5. The van der Waals surface area contributed by atoms with Gasteiger partial charge in [-0.2, -0.15) is 0 Å². The molecule has 1 amide bonds. The number of alkyl halides is 3. The van der Waals surface area contributed by atoms with Crippen LogP contribution in [0.15, 0.2) is 65.4 Å². The Bertz CT molecular complexity index is 1090. The standard InChI is InChI=1S/C20H20Cl3N3O4S2/c1-3-32(28,29)14-9-10-15(16(12-14)30-2)24-19(31)26-18(20(21,22)23)25-17(27)11-13-7-5-4-6-8-13/h3-10,12,18H,1,11H2,2H3,(H,25,27)(H2,24,26,31). The fourth-order valence-corrected chi connectivity index (χ4v) is 3.81. The van der Waals surface area contributed by atoms with E-state index >= 15 is 0 Å². The van der Waals surface area contributed by atoms with E-state index in [1.54, 1.807) is 12.1 Å². The monoisotopic (exact) mass is 535 g/mol. The second-order valence-corrected chi connectivity index (χ2v) is 11.0. The van der Waals surface area contributed by atoms with E-state index in [0.29, 0.717) is 5.69 Å². The van der Waals surface area contributed by atoms with Crippen molar-refractivity contribution in [2.75, 3.05) is 12.4 Å². The molecule has 1 unspecified atom stereocenters. The first-order valence-corrected chi connectivity index (χ1v) is 12.1. The molecule has 0 aliphatic carbocycles. The zero-order valence-electron chi connectivity index (χ0n) is 16.8. The van der Waals surface area contributed by atoms with Crippen LogP contribution in [-0.4, -0.2) is 36.5 Å². The Morgan fingerprint density at radius 2 is 1.84 bits per heavy atom. The van der Waals surface area contributed by atoms with Crippen molar-refractivity contribution >= 4 is 73.6 Å². The number of anilines is 1. The summed E-state index contributed by atoms with van der Waals surface area (Å²) in [6.45, 7) is 3.29. The molecule has 3 N–H and O–H groups in total. The summed E-state index contributed by atoms with van der Waals surface area (Å²) in [6, 6.07) is 13.2. The third-order valence-corrected chi connectivity index (χ3v) is 6.31. The molecule has 0 bridgehead atoms. The van der Waals surface area contributed by atoms with Gasteiger partial charge in [0.2, 0.25) is 9.70 Å². The quantitative estimate of drug-likeness (QED) is 0.267. The predicted molar refractivity (Wildman–Crippen MR) is 132 cm³/mol. The van der Waals surface area contributed by atoms with Gasteiger partial charge in [-0.05, 0) is 29.9 Å². The van der Waals surface area contributed by atoms with Gasteiger partial charge < -0.3 is 20.7 Å². The lowest BCUT2D eigenvalue weighted by atomic mass is 10.1. The Labute approximate surface area is 207 Å². The zero-order chi connectivity index (χ0) is 23.9. The van der Waals surface area contributed by atoms with Crippen LogP contribution in [-0.2, 0) is 21.1 Å². The van der Waals surface area contributed by atoms with Gasteiger partial charge in [0.1, 0.15) is 11.9 Å². The highest BCUT2D eigenvalue weighted by Crippen LogP contribution is 2.30. The van der Waals surface area contributed by atoms with Crippen molar-refractivity contribution in [2.24, 2.45) is 0 Å². The van der Waals surface area contributed by atoms with Crippen LogP contribution in [0.25, 0.3) is 0 Å². The van der Waals surface area contributed by atoms with Crippen molar-refractivity contribution in [1.82, 2.24) is 10.6 Å². The highest BCUT2D eigenvalue weighted by molar-refractivity contribution is 7.94. The molecule has 0 fully saturated rings. The van der Waals surface area contributed by atoms with E-state index in [2.05, 4.69) is 22.5 Å². The Hall–Kier alpha value is -2.04. The molecule has 0 heterocycles. The highest BCUT2D eigenvalue weighted by Gasteiger charge is 2.34. The Balaban J connectivity index is 2.12. The van der Waals surface area contributed by atoms with Crippen LogP contribution < -0.4 is 20.7 Å². The zero-order valence-corrected chi connectivity index (χ0v) is 20.7. The molecule has 0 aliphatic heterocycles. The van der Waals surface area contributed by atoms with Crippen LogP contribution in [0.1, 0.15) is 5.56 Å². The van der Waals surface area contributed by atoms with Gasteiger partial charge in [-0.25, -0.2) is 8.42 Å². The highest BCUT2D eigenvalue weighted by atomic mass is 35.6. The number of amides is 1. The molecule has 0 aromatic heterocycles. The van der Waals surface area contributed by atoms with Gasteiger partial charge in [-0.1, -0.05) is 71.7 Å². The molecule has 0 radical (unpaired) electrons. The minimum absolute atomic E-state index is 0.000959. The summed E-state index contributed by atoms with van der Waals surface area (Å²) in [4.78, 5) is 12.4. The van der Waals surface area contributed by atoms with E-state index in [1.165, 1.54) is 25.3 Å². The van der Waals surface area contributed by atoms with Crippen LogP contribution in [0, 0.1) is 0 Å². The van der Waals surface area contributed by atoms with Crippen LogP contribution in [0.2, 0.25) is 0 Å². The number of nitrogens with one attached hydrogen (secondary N) is 3. The number of rotatable bonds is 8. The molecule has 0 spiro atoms. The van der Waals surface area contributed by atoms with Gasteiger partial charge in [-0.3, -0.25) is 4.79 Å². The summed E-state index contributed by atoms with van der Waals surface area (Å²) in [5, 5.41) is 8.99. The summed E-state index contributed by atoms with van der Waals surface area (Å²) in [5.41, 5.74) is 1.14. The number of thiocarbonyl (C=S) groups is 1. The first-order valence-electron chi connectivity index (χ1n) is 8.99. The molecule has 32 heavy (non-hydrogen) atoms. The van der Waals surface area contributed by atoms with E-state index in [-0.39, 0.29) is 28.1 Å². The van der Waals surface area contributed by atoms with E-state index in [0.717, 1.165) is 11.0 Å². The molecule has 7 nitrogen and oxygen atoms in total. The number of carbonyl (C=O) groups excluding carboxylic acids is 1. The SMILES string of the molecule is C=CS(=O)(=O)c1ccc(NC(=S)NC(NC(=O)Cc2ccccc2)C(Cl)(Cl)Cl)c(OC)c1. The first-order chi connectivity index (χ1) is 15.0. The molecule has 0 saturated carbocycles. The van der Waals surface area contributed by atoms with Crippen LogP contribution in [0.5, 0.6) is 5.75 Å². The average Bonchev–Trinajstić information content (AvgIpc) is 2.73. The van der Waals surface area contributed by atoms with Gasteiger partial charge in [-0.15, -0.1) is 0 Å². The lowest BCUT2D eigenvalue weighted by Gasteiger charge is -2.28. The van der Waals surface area contributed by atoms with E-state index in [1.807, 2.05) is 18.2 Å². The van der Waals surface area contributed by atoms with Crippen molar-refractivity contribution in [1.29, 1.82) is 0 Å². The molecule has 2 rings (SSSR count). The fraction of sp³-hybridized carbons (Fsp3) is 0.200. The van der Waals surface area contributed by atoms with Crippen molar-refractivity contribution in [3.8, 4) is 5.75 Å². The Morgan fingerprint density at radius 3 is 2.41 bits per heavy atom. The van der Waals surface area contributed by atoms with E-state index in [9.17, 15) is 13.2 Å². The normalized spacial score (nSPS) is 12.4. The number of benzene rings is 2. The maximum Gasteiger partial charge on any atom is 0.228 e. The largest absolute Gasteiger partial charge is 0.495 e. The molecule has 0 saturated heterocycles. The van der Waals surface area contributed by atoms with E-state index in [4.69, 9.17) is 51.8 Å². The van der Waals surface area contributed by atoms with Crippen LogP contribution in [0.4, 0.5) is 5.69 Å². The molecule has 1 atom stereocenters. The summed E-state index contributed by atoms with van der Waals surface area (Å²) in [6.07, 6.45) is -1.08. The topological polar surface area (TPSA) is 96.5 Å². The summed E-state index contributed by atoms with van der Waals surface area (Å²) in [7, 11) is -2.28. The van der Waals surface area contributed by atoms with Gasteiger partial charge in [0.25, 0.3) is 0 Å². The number of carbonyl (C=O) groups is 1. The van der Waals surface area contributed by atoms with Crippen molar-refractivity contribution < 1.29 is 17.9 Å². The van der Waals surface area contributed by atoms with Crippen LogP contribution in [0.3, 0.4) is 0 Å². The number of ether oxygens (including phenoxy) is 1. The lowest BCUT2D eigenvalue weighted by Crippen LogP contribution is -2.56. The van der Waals surface area contributed by atoms with E-state index < -0.39 is 19.8 Å². The van der Waals surface area contributed by atoms with Crippen molar-refractivity contribution in [2.45, 2.75) is 21.3 Å². The van der Waals surface area contributed by atoms with Gasteiger partial charge >= 0.3 is 0 Å². The fourth-order valence-electron chi connectivity index (χ4n) is 2.53. The minimum atomic E-state index is -3.65. The molecule has 12 heteroatoms. The Morgan fingerprint density at radius 1 is 1.19 bits per heavy atom. The molecular formula is C20H20Cl3N3O4S2. The molecular weight excluding hydrogens is 517 g/mol. The maximum absolute atomic E-state index is 12.4. The number of halogens is 3. The number of sulfone groups is 1.